The lowest BCUT2D eigenvalue weighted by Gasteiger charge is -2.26. The number of nitrogens with zero attached hydrogens (tertiary/aromatic N) is 2. The van der Waals surface area contributed by atoms with Crippen molar-refractivity contribution in [2.75, 3.05) is 7.05 Å². The molecule has 0 unspecified atom stereocenters. The van der Waals surface area contributed by atoms with Crippen LogP contribution in [0.5, 0.6) is 5.75 Å². The van der Waals surface area contributed by atoms with E-state index in [2.05, 4.69) is 15.5 Å². The molecule has 5 nitrogen and oxygen atoms in total. The van der Waals surface area contributed by atoms with Crippen LogP contribution in [0.25, 0.3) is 17.3 Å². The van der Waals surface area contributed by atoms with Gasteiger partial charge in [-0.25, -0.2) is 0 Å². The summed E-state index contributed by atoms with van der Waals surface area (Å²) in [4.78, 5) is 11.3. The first kappa shape index (κ1) is 19.0. The number of thioether (sulfide) groups is 1. The summed E-state index contributed by atoms with van der Waals surface area (Å²) in [5, 5.41) is 23.2. The van der Waals surface area contributed by atoms with Crippen LogP contribution in [-0.4, -0.2) is 33.5 Å². The SMILES string of the molecule is CNC(=O)/C=C/c1ccc(-c2ccc(S[C@H]3C[C@@H]4CC[C@@H](C4)C3)nn2)c(O)c1. The number of hydrogen-bond donors (Lipinski definition) is 2. The number of phenols is 1. The number of likely N-dealkylation sites (N-methyl/N-ethyl adjacent to an activating group) is 1. The number of aromatic nitrogens is 2. The average molecular weight is 396 g/mol. The van der Waals surface area contributed by atoms with Gasteiger partial charge in [0.25, 0.3) is 0 Å². The van der Waals surface area contributed by atoms with Crippen LogP contribution in [0.1, 0.15) is 37.7 Å². The van der Waals surface area contributed by atoms with Gasteiger partial charge in [-0.2, -0.15) is 0 Å². The topological polar surface area (TPSA) is 75.1 Å². The first-order valence-corrected chi connectivity index (χ1v) is 10.7. The summed E-state index contributed by atoms with van der Waals surface area (Å²) in [6.45, 7) is 0. The van der Waals surface area contributed by atoms with Crippen molar-refractivity contribution in [3.05, 3.63) is 42.0 Å². The van der Waals surface area contributed by atoms with Gasteiger partial charge in [-0.05, 0) is 67.0 Å². The summed E-state index contributed by atoms with van der Waals surface area (Å²) in [7, 11) is 1.58. The Kier molecular flexibility index (Phi) is 5.67. The van der Waals surface area contributed by atoms with Gasteiger partial charge < -0.3 is 10.4 Å². The summed E-state index contributed by atoms with van der Waals surface area (Å²) in [6.07, 6.45) is 9.92. The molecular formula is C22H25N3O2S. The van der Waals surface area contributed by atoms with Crippen LogP contribution in [-0.2, 0) is 4.79 Å². The van der Waals surface area contributed by atoms with E-state index in [1.54, 1.807) is 25.3 Å². The van der Waals surface area contributed by atoms with E-state index in [0.717, 1.165) is 22.4 Å². The highest BCUT2D eigenvalue weighted by Gasteiger charge is 2.34. The van der Waals surface area contributed by atoms with Crippen molar-refractivity contribution in [3.8, 4) is 17.0 Å². The third-order valence-corrected chi connectivity index (χ3v) is 6.92. The first-order valence-electron chi connectivity index (χ1n) is 9.84. The summed E-state index contributed by atoms with van der Waals surface area (Å²) in [5.41, 5.74) is 2.03. The minimum absolute atomic E-state index is 0.123. The molecule has 2 fully saturated rings. The second-order valence-corrected chi connectivity index (χ2v) is 9.06. The summed E-state index contributed by atoms with van der Waals surface area (Å²) < 4.78 is 0. The molecule has 2 bridgehead atoms. The number of phenolic OH excluding ortho intramolecular Hbond substituents is 1. The van der Waals surface area contributed by atoms with E-state index in [4.69, 9.17) is 0 Å². The molecule has 146 valence electrons. The van der Waals surface area contributed by atoms with Gasteiger partial charge >= 0.3 is 0 Å². The van der Waals surface area contributed by atoms with Gasteiger partial charge in [0.05, 0.1) is 5.69 Å². The predicted octanol–water partition coefficient (Wildman–Crippen LogP) is 4.28. The molecule has 1 heterocycles. The Hall–Kier alpha value is -2.34. The Balaban J connectivity index is 1.43. The van der Waals surface area contributed by atoms with Crippen molar-refractivity contribution in [2.24, 2.45) is 11.8 Å². The number of amides is 1. The van der Waals surface area contributed by atoms with Crippen LogP contribution in [0.2, 0.25) is 0 Å². The van der Waals surface area contributed by atoms with Crippen molar-refractivity contribution in [3.63, 3.8) is 0 Å². The van der Waals surface area contributed by atoms with Gasteiger partial charge in [-0.3, -0.25) is 4.79 Å². The molecule has 0 aliphatic heterocycles. The fourth-order valence-corrected chi connectivity index (χ4v) is 5.68. The zero-order valence-corrected chi connectivity index (χ0v) is 16.8. The molecule has 1 aromatic heterocycles. The van der Waals surface area contributed by atoms with Crippen LogP contribution in [0.15, 0.2) is 41.4 Å². The van der Waals surface area contributed by atoms with E-state index in [0.29, 0.717) is 16.5 Å². The minimum atomic E-state index is -0.187. The van der Waals surface area contributed by atoms with Crippen molar-refractivity contribution in [2.45, 2.75) is 42.4 Å². The molecule has 2 aliphatic carbocycles. The maximum Gasteiger partial charge on any atom is 0.243 e. The largest absolute Gasteiger partial charge is 0.507 e. The van der Waals surface area contributed by atoms with E-state index in [9.17, 15) is 9.90 Å². The van der Waals surface area contributed by atoms with Gasteiger partial charge in [-0.15, -0.1) is 22.0 Å². The van der Waals surface area contributed by atoms with E-state index in [1.165, 1.54) is 38.2 Å². The Bertz CT molecular complexity index is 870. The molecule has 2 aliphatic rings. The smallest absolute Gasteiger partial charge is 0.243 e. The van der Waals surface area contributed by atoms with E-state index in [-0.39, 0.29) is 11.7 Å². The molecule has 0 radical (unpaired) electrons. The van der Waals surface area contributed by atoms with Crippen LogP contribution in [0.4, 0.5) is 0 Å². The average Bonchev–Trinajstić information content (AvgIpc) is 3.05. The normalized spacial score (nSPS) is 23.8. The molecular weight excluding hydrogens is 370 g/mol. The van der Waals surface area contributed by atoms with Crippen molar-refractivity contribution in [1.29, 1.82) is 0 Å². The van der Waals surface area contributed by atoms with Crippen molar-refractivity contribution in [1.82, 2.24) is 15.5 Å². The van der Waals surface area contributed by atoms with Gasteiger partial charge in [0.1, 0.15) is 10.8 Å². The molecule has 28 heavy (non-hydrogen) atoms. The summed E-state index contributed by atoms with van der Waals surface area (Å²) in [6, 6.07) is 9.19. The van der Waals surface area contributed by atoms with Crippen LogP contribution in [0, 0.1) is 11.8 Å². The third-order valence-electron chi connectivity index (χ3n) is 5.74. The standard InChI is InChI=1S/C22H25N3O2S/c1-23-21(27)8-5-14-4-6-18(20(26)13-14)19-7-9-22(25-24-19)28-17-11-15-2-3-16(10-15)12-17/h4-9,13,15-17,26H,2-3,10-12H2,1H3,(H,23,27)/b8-5+/t15-,16+,17+. The fourth-order valence-electron chi connectivity index (χ4n) is 4.36. The Labute approximate surface area is 169 Å². The molecule has 2 saturated carbocycles. The Morgan fingerprint density at radius 3 is 2.57 bits per heavy atom. The molecule has 1 aromatic carbocycles. The Morgan fingerprint density at radius 2 is 1.93 bits per heavy atom. The van der Waals surface area contributed by atoms with E-state index in [1.807, 2.05) is 30.0 Å². The number of rotatable bonds is 5. The highest BCUT2D eigenvalue weighted by molar-refractivity contribution is 7.99. The molecule has 2 aromatic rings. The molecule has 0 spiro atoms. The fraction of sp³-hybridized carbons (Fsp3) is 0.409. The van der Waals surface area contributed by atoms with E-state index >= 15 is 0 Å². The number of fused-ring (bicyclic) bond motifs is 2. The molecule has 2 N–H and O–H groups in total. The Morgan fingerprint density at radius 1 is 1.14 bits per heavy atom. The highest BCUT2D eigenvalue weighted by atomic mass is 32.2. The lowest BCUT2D eigenvalue weighted by molar-refractivity contribution is -0.115. The number of aromatic hydroxyl groups is 1. The van der Waals surface area contributed by atoms with Crippen molar-refractivity contribution >= 4 is 23.7 Å². The number of benzene rings is 1. The number of carbonyl (C=O) groups excluding carboxylic acids is 1. The van der Waals surface area contributed by atoms with E-state index < -0.39 is 0 Å². The molecule has 0 saturated heterocycles. The molecule has 1 amide bonds. The second kappa shape index (κ2) is 8.35. The lowest BCUT2D eigenvalue weighted by Crippen LogP contribution is -2.17. The predicted molar refractivity (Wildman–Crippen MR) is 112 cm³/mol. The zero-order chi connectivity index (χ0) is 19.5. The second-order valence-electron chi connectivity index (χ2n) is 7.74. The third kappa shape index (κ3) is 4.38. The first-order chi connectivity index (χ1) is 13.6. The van der Waals surface area contributed by atoms with Gasteiger partial charge in [-0.1, -0.05) is 18.9 Å². The highest BCUT2D eigenvalue weighted by Crippen LogP contribution is 2.46. The van der Waals surface area contributed by atoms with Gasteiger partial charge in [0.15, 0.2) is 0 Å². The molecule has 6 heteroatoms. The van der Waals surface area contributed by atoms with Crippen LogP contribution in [0.3, 0.4) is 0 Å². The van der Waals surface area contributed by atoms with Gasteiger partial charge in [0.2, 0.25) is 5.91 Å². The maximum absolute atomic E-state index is 11.3. The maximum atomic E-state index is 11.3. The number of nitrogens with one attached hydrogen (secondary N) is 1. The molecule has 4 rings (SSSR count). The quantitative estimate of drug-likeness (QED) is 0.739. The summed E-state index contributed by atoms with van der Waals surface area (Å²) in [5.74, 6) is 1.76. The minimum Gasteiger partial charge on any atom is -0.507 e. The number of carbonyl (C=O) groups is 1. The van der Waals surface area contributed by atoms with Crippen LogP contribution < -0.4 is 5.32 Å². The molecule has 3 atom stereocenters. The summed E-state index contributed by atoms with van der Waals surface area (Å²) >= 11 is 1.85. The number of hydrogen-bond acceptors (Lipinski definition) is 5. The zero-order valence-electron chi connectivity index (χ0n) is 16.0. The van der Waals surface area contributed by atoms with Gasteiger partial charge in [0, 0.05) is 23.9 Å². The monoisotopic (exact) mass is 395 g/mol. The lowest BCUT2D eigenvalue weighted by atomic mass is 9.89. The van der Waals surface area contributed by atoms with Crippen LogP contribution >= 0.6 is 11.8 Å². The van der Waals surface area contributed by atoms with Crippen molar-refractivity contribution < 1.29 is 9.90 Å².